The molecular formula is C23H20N2O4S. The lowest BCUT2D eigenvalue weighted by Gasteiger charge is -2.09. The lowest BCUT2D eigenvalue weighted by Crippen LogP contribution is -2.24. The average Bonchev–Trinajstić information content (AvgIpc) is 3.20. The molecule has 0 N–H and O–H groups in total. The summed E-state index contributed by atoms with van der Waals surface area (Å²) in [5, 5.41) is 2.39. The monoisotopic (exact) mass is 420 g/mol. The Labute approximate surface area is 177 Å². The highest BCUT2D eigenvalue weighted by molar-refractivity contribution is 7.17. The van der Waals surface area contributed by atoms with Crippen LogP contribution in [0.2, 0.25) is 0 Å². The number of carbonyl (C=O) groups is 1. The summed E-state index contributed by atoms with van der Waals surface area (Å²) in [6, 6.07) is 12.8. The van der Waals surface area contributed by atoms with Crippen LogP contribution in [-0.2, 0) is 6.54 Å². The van der Waals surface area contributed by atoms with E-state index in [-0.39, 0.29) is 17.9 Å². The van der Waals surface area contributed by atoms with Crippen LogP contribution in [0.3, 0.4) is 0 Å². The van der Waals surface area contributed by atoms with Crippen molar-refractivity contribution in [1.29, 1.82) is 0 Å². The second-order valence-corrected chi connectivity index (χ2v) is 7.72. The van der Waals surface area contributed by atoms with E-state index in [9.17, 15) is 9.59 Å². The molecule has 0 spiro atoms. The summed E-state index contributed by atoms with van der Waals surface area (Å²) in [5.74, 6) is 1.05. The maximum absolute atomic E-state index is 13.2. The Morgan fingerprint density at radius 1 is 1.07 bits per heavy atom. The minimum atomic E-state index is -0.244. The summed E-state index contributed by atoms with van der Waals surface area (Å²) in [6.07, 6.45) is 1.44. The molecule has 0 aliphatic rings. The highest BCUT2D eigenvalue weighted by Gasteiger charge is 2.16. The van der Waals surface area contributed by atoms with Gasteiger partial charge in [0.1, 0.15) is 4.83 Å². The first kappa shape index (κ1) is 19.8. The standard InChI is InChI=1S/C23H20N2O4S/c1-14-4-6-15(7-5-14)18(26)11-25-13-24-22-21(23(25)27)17(12-30-22)16-8-9-19(28-2)20(10-16)29-3/h4-10,12-13H,11H2,1-3H3. The minimum absolute atomic E-state index is 0.0634. The number of ether oxygens (including phenoxy) is 2. The summed E-state index contributed by atoms with van der Waals surface area (Å²) in [5.41, 5.74) is 2.97. The quantitative estimate of drug-likeness (QED) is 0.434. The molecule has 152 valence electrons. The van der Waals surface area contributed by atoms with Crippen molar-refractivity contribution in [2.75, 3.05) is 14.2 Å². The van der Waals surface area contributed by atoms with Gasteiger partial charge in [0.05, 0.1) is 32.5 Å². The molecular weight excluding hydrogens is 400 g/mol. The Morgan fingerprint density at radius 2 is 1.80 bits per heavy atom. The number of ketones is 1. The van der Waals surface area contributed by atoms with Gasteiger partial charge < -0.3 is 9.47 Å². The van der Waals surface area contributed by atoms with E-state index in [0.717, 1.165) is 16.7 Å². The predicted molar refractivity (Wildman–Crippen MR) is 118 cm³/mol. The zero-order chi connectivity index (χ0) is 21.3. The van der Waals surface area contributed by atoms with Crippen LogP contribution in [0, 0.1) is 6.92 Å². The zero-order valence-corrected chi connectivity index (χ0v) is 17.7. The summed E-state index contributed by atoms with van der Waals surface area (Å²) in [7, 11) is 3.14. The van der Waals surface area contributed by atoms with E-state index in [1.54, 1.807) is 32.4 Å². The SMILES string of the molecule is COc1ccc(-c2csc3ncn(CC(=O)c4ccc(C)cc4)c(=O)c23)cc1OC. The lowest BCUT2D eigenvalue weighted by molar-refractivity contribution is 0.0970. The van der Waals surface area contributed by atoms with Crippen LogP contribution in [0.4, 0.5) is 0 Å². The highest BCUT2D eigenvalue weighted by Crippen LogP contribution is 2.36. The first-order valence-electron chi connectivity index (χ1n) is 9.30. The van der Waals surface area contributed by atoms with Gasteiger partial charge in [-0.2, -0.15) is 0 Å². The number of nitrogens with zero attached hydrogens (tertiary/aromatic N) is 2. The van der Waals surface area contributed by atoms with E-state index in [1.165, 1.54) is 22.2 Å². The molecule has 0 radical (unpaired) electrons. The van der Waals surface area contributed by atoms with Gasteiger partial charge in [0, 0.05) is 16.5 Å². The number of aryl methyl sites for hydroxylation is 1. The van der Waals surface area contributed by atoms with E-state index < -0.39 is 0 Å². The van der Waals surface area contributed by atoms with Crippen LogP contribution < -0.4 is 15.0 Å². The van der Waals surface area contributed by atoms with Crippen molar-refractivity contribution in [3.63, 3.8) is 0 Å². The number of aromatic nitrogens is 2. The fourth-order valence-corrected chi connectivity index (χ4v) is 4.19. The summed E-state index contributed by atoms with van der Waals surface area (Å²) in [4.78, 5) is 30.9. The van der Waals surface area contributed by atoms with Crippen LogP contribution in [-0.4, -0.2) is 29.6 Å². The predicted octanol–water partition coefficient (Wildman–Crippen LogP) is 4.33. The van der Waals surface area contributed by atoms with Gasteiger partial charge in [0.2, 0.25) is 0 Å². The normalized spacial score (nSPS) is 10.9. The lowest BCUT2D eigenvalue weighted by atomic mass is 10.1. The van der Waals surface area contributed by atoms with Crippen molar-refractivity contribution in [3.8, 4) is 22.6 Å². The summed E-state index contributed by atoms with van der Waals surface area (Å²) >= 11 is 1.39. The van der Waals surface area contributed by atoms with Gasteiger partial charge in [0.15, 0.2) is 17.3 Å². The van der Waals surface area contributed by atoms with E-state index in [1.807, 2.05) is 36.6 Å². The largest absolute Gasteiger partial charge is 0.493 e. The number of Topliss-reactive ketones (excluding diaryl/α,β-unsaturated/α-hetero) is 1. The number of rotatable bonds is 6. The third kappa shape index (κ3) is 3.59. The maximum atomic E-state index is 13.2. The van der Waals surface area contributed by atoms with Crippen LogP contribution >= 0.6 is 11.3 Å². The van der Waals surface area contributed by atoms with E-state index in [0.29, 0.717) is 27.3 Å². The molecule has 0 aliphatic carbocycles. The molecule has 7 heteroatoms. The second kappa shape index (κ2) is 8.12. The molecule has 0 aliphatic heterocycles. The highest BCUT2D eigenvalue weighted by atomic mass is 32.1. The molecule has 4 rings (SSSR count). The van der Waals surface area contributed by atoms with E-state index in [4.69, 9.17) is 9.47 Å². The van der Waals surface area contributed by atoms with Gasteiger partial charge >= 0.3 is 0 Å². The number of fused-ring (bicyclic) bond motifs is 1. The van der Waals surface area contributed by atoms with Crippen molar-refractivity contribution in [3.05, 3.63) is 75.7 Å². The number of benzene rings is 2. The van der Waals surface area contributed by atoms with Gasteiger partial charge in [0.25, 0.3) is 5.56 Å². The third-order valence-electron chi connectivity index (χ3n) is 4.94. The van der Waals surface area contributed by atoms with Crippen LogP contribution in [0.15, 0.2) is 59.0 Å². The molecule has 0 saturated heterocycles. The van der Waals surface area contributed by atoms with E-state index in [2.05, 4.69) is 4.98 Å². The van der Waals surface area contributed by atoms with Gasteiger partial charge in [-0.3, -0.25) is 14.2 Å². The molecule has 0 saturated carbocycles. The fourth-order valence-electron chi connectivity index (χ4n) is 3.28. The topological polar surface area (TPSA) is 70.4 Å². The fraction of sp³-hybridized carbons (Fsp3) is 0.174. The minimum Gasteiger partial charge on any atom is -0.493 e. The van der Waals surface area contributed by atoms with Gasteiger partial charge in [-0.15, -0.1) is 11.3 Å². The molecule has 0 fully saturated rings. The van der Waals surface area contributed by atoms with Crippen molar-refractivity contribution in [2.45, 2.75) is 13.5 Å². The third-order valence-corrected chi connectivity index (χ3v) is 5.83. The number of hydrogen-bond donors (Lipinski definition) is 0. The molecule has 2 aromatic heterocycles. The summed E-state index contributed by atoms with van der Waals surface area (Å²) < 4.78 is 12.0. The van der Waals surface area contributed by atoms with Gasteiger partial charge in [-0.05, 0) is 24.6 Å². The second-order valence-electron chi connectivity index (χ2n) is 6.87. The number of methoxy groups -OCH3 is 2. The Bertz CT molecular complexity index is 1290. The Balaban J connectivity index is 1.75. The molecule has 0 unspecified atom stereocenters. The Kier molecular flexibility index (Phi) is 5.37. The van der Waals surface area contributed by atoms with Gasteiger partial charge in [-0.25, -0.2) is 4.98 Å². The van der Waals surface area contributed by atoms with Crippen molar-refractivity contribution >= 4 is 27.3 Å². The van der Waals surface area contributed by atoms with E-state index >= 15 is 0 Å². The molecule has 30 heavy (non-hydrogen) atoms. The first-order valence-corrected chi connectivity index (χ1v) is 10.2. The van der Waals surface area contributed by atoms with Gasteiger partial charge in [-0.1, -0.05) is 35.9 Å². The number of carbonyl (C=O) groups excluding carboxylic acids is 1. The first-order chi connectivity index (χ1) is 14.5. The van der Waals surface area contributed by atoms with Crippen LogP contribution in [0.1, 0.15) is 15.9 Å². The molecule has 2 aromatic carbocycles. The molecule has 0 amide bonds. The zero-order valence-electron chi connectivity index (χ0n) is 16.8. The van der Waals surface area contributed by atoms with Crippen molar-refractivity contribution < 1.29 is 14.3 Å². The van der Waals surface area contributed by atoms with Crippen LogP contribution in [0.5, 0.6) is 11.5 Å². The molecule has 6 nitrogen and oxygen atoms in total. The smallest absolute Gasteiger partial charge is 0.263 e. The Hall–Kier alpha value is -3.45. The van der Waals surface area contributed by atoms with Crippen LogP contribution in [0.25, 0.3) is 21.3 Å². The number of thiophene rings is 1. The Morgan fingerprint density at radius 3 is 2.50 bits per heavy atom. The average molecular weight is 420 g/mol. The molecule has 0 atom stereocenters. The summed E-state index contributed by atoms with van der Waals surface area (Å²) in [6.45, 7) is 1.90. The maximum Gasteiger partial charge on any atom is 0.263 e. The molecule has 2 heterocycles. The van der Waals surface area contributed by atoms with Crippen molar-refractivity contribution in [1.82, 2.24) is 9.55 Å². The number of hydrogen-bond acceptors (Lipinski definition) is 6. The van der Waals surface area contributed by atoms with Crippen molar-refractivity contribution in [2.24, 2.45) is 0 Å². The molecule has 0 bridgehead atoms. The molecule has 4 aromatic rings.